The second-order valence-corrected chi connectivity index (χ2v) is 9.36. The van der Waals surface area contributed by atoms with Gasteiger partial charge in [0.05, 0.1) is 11.5 Å². The summed E-state index contributed by atoms with van der Waals surface area (Å²) < 4.78 is 23.6. The lowest BCUT2D eigenvalue weighted by molar-refractivity contribution is -0.121. The molecule has 30 heavy (non-hydrogen) atoms. The average Bonchev–Trinajstić information content (AvgIpc) is 2.71. The van der Waals surface area contributed by atoms with Crippen LogP contribution in [0.15, 0.2) is 54.6 Å². The average molecular weight is 431 g/mol. The zero-order chi connectivity index (χ0) is 21.6. The molecule has 1 aliphatic heterocycles. The number of amides is 3. The predicted octanol–water partition coefficient (Wildman–Crippen LogP) is 2.24. The molecule has 3 amide bonds. The van der Waals surface area contributed by atoms with Crippen LogP contribution in [0.3, 0.4) is 0 Å². The summed E-state index contributed by atoms with van der Waals surface area (Å²) in [6.07, 6.45) is 0. The Morgan fingerprint density at radius 2 is 1.60 bits per heavy atom. The molecule has 0 aromatic heterocycles. The van der Waals surface area contributed by atoms with E-state index in [1.165, 1.54) is 0 Å². The standard InChI is InChI=1S/C21H26N4O4S/c1-2-22-21(27)24-18-10-6-9-17(15-18)23-20(26)19(16-7-4-3-5-8-16)25-11-13-30(28,29)14-12-25/h3-10,15,19H,2,11-14H2,1H3,(H,23,26)(H2,22,24,27). The first-order valence-corrected chi connectivity index (χ1v) is 11.7. The lowest BCUT2D eigenvalue weighted by Crippen LogP contribution is -2.46. The summed E-state index contributed by atoms with van der Waals surface area (Å²) in [5, 5.41) is 8.26. The Hall–Kier alpha value is -2.91. The molecule has 8 nitrogen and oxygen atoms in total. The van der Waals surface area contributed by atoms with Gasteiger partial charge in [-0.1, -0.05) is 36.4 Å². The molecule has 3 rings (SSSR count). The SMILES string of the molecule is CCNC(=O)Nc1cccc(NC(=O)C(c2ccccc2)N2CCS(=O)(=O)CC2)c1. The van der Waals surface area contributed by atoms with Crippen molar-refractivity contribution in [2.24, 2.45) is 0 Å². The molecule has 1 aliphatic rings. The molecule has 2 aromatic rings. The smallest absolute Gasteiger partial charge is 0.319 e. The highest BCUT2D eigenvalue weighted by atomic mass is 32.2. The molecule has 1 heterocycles. The first-order chi connectivity index (χ1) is 14.4. The lowest BCUT2D eigenvalue weighted by Gasteiger charge is -2.33. The van der Waals surface area contributed by atoms with E-state index in [-0.39, 0.29) is 23.4 Å². The maximum absolute atomic E-state index is 13.2. The van der Waals surface area contributed by atoms with Gasteiger partial charge in [-0.25, -0.2) is 13.2 Å². The van der Waals surface area contributed by atoms with Crippen LogP contribution in [0.2, 0.25) is 0 Å². The topological polar surface area (TPSA) is 108 Å². The third-order valence-electron chi connectivity index (χ3n) is 4.83. The number of hydrogen-bond acceptors (Lipinski definition) is 5. The van der Waals surface area contributed by atoms with E-state index >= 15 is 0 Å². The van der Waals surface area contributed by atoms with Gasteiger partial charge in [-0.05, 0) is 30.7 Å². The number of nitrogens with zero attached hydrogens (tertiary/aromatic N) is 1. The van der Waals surface area contributed by atoms with Gasteiger partial charge in [0.1, 0.15) is 6.04 Å². The van der Waals surface area contributed by atoms with Gasteiger partial charge in [0.15, 0.2) is 9.84 Å². The van der Waals surface area contributed by atoms with Crippen LogP contribution in [-0.4, -0.2) is 56.4 Å². The number of benzene rings is 2. The number of carbonyl (C=O) groups excluding carboxylic acids is 2. The van der Waals surface area contributed by atoms with Gasteiger partial charge in [0, 0.05) is 31.0 Å². The molecule has 2 aromatic carbocycles. The molecule has 1 fully saturated rings. The van der Waals surface area contributed by atoms with Crippen molar-refractivity contribution in [3.63, 3.8) is 0 Å². The van der Waals surface area contributed by atoms with Crippen molar-refractivity contribution in [2.45, 2.75) is 13.0 Å². The van der Waals surface area contributed by atoms with Crippen molar-refractivity contribution in [1.29, 1.82) is 0 Å². The van der Waals surface area contributed by atoms with Gasteiger partial charge in [0.25, 0.3) is 0 Å². The molecular weight excluding hydrogens is 404 g/mol. The fraction of sp³-hybridized carbons (Fsp3) is 0.333. The fourth-order valence-electron chi connectivity index (χ4n) is 3.37. The largest absolute Gasteiger partial charge is 0.338 e. The minimum atomic E-state index is -3.06. The first kappa shape index (κ1) is 21.8. The number of nitrogens with one attached hydrogen (secondary N) is 3. The van der Waals surface area contributed by atoms with Gasteiger partial charge in [-0.3, -0.25) is 9.69 Å². The van der Waals surface area contributed by atoms with Crippen LogP contribution in [0, 0.1) is 0 Å². The second-order valence-electron chi connectivity index (χ2n) is 7.06. The predicted molar refractivity (Wildman–Crippen MR) is 117 cm³/mol. The summed E-state index contributed by atoms with van der Waals surface area (Å²) in [6, 6.07) is 15.3. The van der Waals surface area contributed by atoms with Crippen LogP contribution < -0.4 is 16.0 Å². The van der Waals surface area contributed by atoms with Crippen LogP contribution in [0.1, 0.15) is 18.5 Å². The van der Waals surface area contributed by atoms with Crippen molar-refractivity contribution in [3.8, 4) is 0 Å². The highest BCUT2D eigenvalue weighted by Crippen LogP contribution is 2.25. The van der Waals surface area contributed by atoms with Gasteiger partial charge >= 0.3 is 6.03 Å². The van der Waals surface area contributed by atoms with Gasteiger partial charge in [-0.15, -0.1) is 0 Å². The van der Waals surface area contributed by atoms with Crippen molar-refractivity contribution in [2.75, 3.05) is 41.8 Å². The number of carbonyl (C=O) groups is 2. The van der Waals surface area contributed by atoms with Crippen LogP contribution in [0.4, 0.5) is 16.2 Å². The van der Waals surface area contributed by atoms with E-state index in [0.29, 0.717) is 31.0 Å². The Labute approximate surface area is 176 Å². The number of hydrogen-bond donors (Lipinski definition) is 3. The summed E-state index contributed by atoms with van der Waals surface area (Å²) in [4.78, 5) is 26.8. The number of urea groups is 1. The molecule has 0 aliphatic carbocycles. The number of sulfone groups is 1. The number of rotatable bonds is 6. The Balaban J connectivity index is 1.78. The normalized spacial score (nSPS) is 17.0. The Morgan fingerprint density at radius 3 is 2.23 bits per heavy atom. The fourth-order valence-corrected chi connectivity index (χ4v) is 4.60. The van der Waals surface area contributed by atoms with Crippen molar-refractivity contribution < 1.29 is 18.0 Å². The molecule has 0 saturated carbocycles. The van der Waals surface area contributed by atoms with Crippen LogP contribution in [0.5, 0.6) is 0 Å². The second kappa shape index (κ2) is 9.73. The van der Waals surface area contributed by atoms with Crippen LogP contribution >= 0.6 is 0 Å². The van der Waals surface area contributed by atoms with Crippen LogP contribution in [-0.2, 0) is 14.6 Å². The molecule has 0 bridgehead atoms. The third-order valence-corrected chi connectivity index (χ3v) is 6.44. The highest BCUT2D eigenvalue weighted by Gasteiger charge is 2.32. The van der Waals surface area contributed by atoms with E-state index in [0.717, 1.165) is 5.56 Å². The van der Waals surface area contributed by atoms with E-state index in [9.17, 15) is 18.0 Å². The zero-order valence-corrected chi connectivity index (χ0v) is 17.6. The summed E-state index contributed by atoms with van der Waals surface area (Å²) in [5.41, 5.74) is 1.89. The minimum Gasteiger partial charge on any atom is -0.338 e. The zero-order valence-electron chi connectivity index (χ0n) is 16.8. The minimum absolute atomic E-state index is 0.0373. The van der Waals surface area contributed by atoms with Crippen molar-refractivity contribution in [3.05, 3.63) is 60.2 Å². The van der Waals surface area contributed by atoms with Crippen molar-refractivity contribution in [1.82, 2.24) is 10.2 Å². The molecule has 3 N–H and O–H groups in total. The summed E-state index contributed by atoms with van der Waals surface area (Å²) in [5.74, 6) is -0.179. The van der Waals surface area contributed by atoms with Crippen LogP contribution in [0.25, 0.3) is 0 Å². The number of anilines is 2. The van der Waals surface area contributed by atoms with E-state index in [4.69, 9.17) is 0 Å². The van der Waals surface area contributed by atoms with E-state index in [1.807, 2.05) is 42.2 Å². The molecule has 9 heteroatoms. The molecule has 1 atom stereocenters. The maximum atomic E-state index is 13.2. The molecule has 0 radical (unpaired) electrons. The van der Waals surface area contributed by atoms with E-state index < -0.39 is 15.9 Å². The third kappa shape index (κ3) is 5.80. The molecule has 160 valence electrons. The molecular formula is C21H26N4O4S. The Kier molecular flexibility index (Phi) is 7.07. The Morgan fingerprint density at radius 1 is 0.967 bits per heavy atom. The maximum Gasteiger partial charge on any atom is 0.319 e. The molecule has 1 unspecified atom stereocenters. The quantitative estimate of drug-likeness (QED) is 0.651. The summed E-state index contributed by atoms with van der Waals surface area (Å²) in [7, 11) is -3.06. The van der Waals surface area contributed by atoms with Crippen molar-refractivity contribution >= 4 is 33.2 Å². The highest BCUT2D eigenvalue weighted by molar-refractivity contribution is 7.91. The van der Waals surface area contributed by atoms with Gasteiger partial charge in [-0.2, -0.15) is 0 Å². The van der Waals surface area contributed by atoms with E-state index in [2.05, 4.69) is 16.0 Å². The first-order valence-electron chi connectivity index (χ1n) is 9.83. The summed E-state index contributed by atoms with van der Waals surface area (Å²) >= 11 is 0. The molecule has 0 spiro atoms. The van der Waals surface area contributed by atoms with E-state index in [1.54, 1.807) is 24.3 Å². The monoisotopic (exact) mass is 430 g/mol. The Bertz CT molecular complexity index is 981. The van der Waals surface area contributed by atoms with Gasteiger partial charge < -0.3 is 16.0 Å². The lowest BCUT2D eigenvalue weighted by atomic mass is 10.0. The van der Waals surface area contributed by atoms with Gasteiger partial charge in [0.2, 0.25) is 5.91 Å². The molecule has 1 saturated heterocycles. The summed E-state index contributed by atoms with van der Waals surface area (Å²) in [6.45, 7) is 2.93.